The number of nitrogens with one attached hydrogen (secondary N) is 1. The maximum Gasteiger partial charge on any atom is 0.255 e. The molecule has 1 unspecified atom stereocenters. The van der Waals surface area contributed by atoms with E-state index in [-0.39, 0.29) is 11.9 Å². The summed E-state index contributed by atoms with van der Waals surface area (Å²) in [4.78, 5) is 12.7. The molecule has 2 aromatic rings. The fourth-order valence-corrected chi connectivity index (χ4v) is 2.80. The number of rotatable bonds is 7. The molecule has 0 fully saturated rings. The number of methoxy groups -OCH3 is 3. The summed E-state index contributed by atoms with van der Waals surface area (Å²) in [5.41, 5.74) is 1.55. The predicted octanol–water partition coefficient (Wildman–Crippen LogP) is 3.84. The average Bonchev–Trinajstić information content (AvgIpc) is 2.62. The smallest absolute Gasteiger partial charge is 0.255 e. The van der Waals surface area contributed by atoms with E-state index in [2.05, 4.69) is 21.2 Å². The molecule has 0 aliphatic carbocycles. The molecule has 1 N–H and O–H groups in total. The highest BCUT2D eigenvalue weighted by atomic mass is 79.9. The maximum atomic E-state index is 12.7. The first-order valence-electron chi connectivity index (χ1n) is 7.83. The lowest BCUT2D eigenvalue weighted by Crippen LogP contribution is -2.34. The molecule has 0 aliphatic rings. The number of carbonyl (C=O) groups excluding carboxylic acids is 1. The van der Waals surface area contributed by atoms with Gasteiger partial charge < -0.3 is 19.5 Å². The SMILES string of the molecule is COc1cc(OC)c(C(=O)NC(C)Cc2ccc(Br)cc2)cc1OC. The zero-order valence-electron chi connectivity index (χ0n) is 14.8. The summed E-state index contributed by atoms with van der Waals surface area (Å²) in [6.07, 6.45) is 0.731. The second-order valence-corrected chi connectivity index (χ2v) is 6.53. The van der Waals surface area contributed by atoms with Crippen molar-refractivity contribution < 1.29 is 19.0 Å². The van der Waals surface area contributed by atoms with Crippen LogP contribution in [0.15, 0.2) is 40.9 Å². The van der Waals surface area contributed by atoms with E-state index in [1.807, 2.05) is 31.2 Å². The largest absolute Gasteiger partial charge is 0.496 e. The molecule has 6 heteroatoms. The van der Waals surface area contributed by atoms with Crippen molar-refractivity contribution in [2.75, 3.05) is 21.3 Å². The molecular formula is C19H22BrNO4. The van der Waals surface area contributed by atoms with E-state index in [0.29, 0.717) is 22.8 Å². The van der Waals surface area contributed by atoms with Gasteiger partial charge in [-0.15, -0.1) is 0 Å². The summed E-state index contributed by atoms with van der Waals surface area (Å²) in [6.45, 7) is 1.97. The van der Waals surface area contributed by atoms with Gasteiger partial charge in [0.05, 0.1) is 26.9 Å². The molecule has 0 aliphatic heterocycles. The molecule has 2 rings (SSSR count). The number of ether oxygens (including phenoxy) is 3. The lowest BCUT2D eigenvalue weighted by atomic mass is 10.1. The van der Waals surface area contributed by atoms with Crippen LogP contribution in [0.5, 0.6) is 17.2 Å². The van der Waals surface area contributed by atoms with Gasteiger partial charge in [0.2, 0.25) is 0 Å². The molecule has 1 amide bonds. The Balaban J connectivity index is 2.15. The fraction of sp³-hybridized carbons (Fsp3) is 0.316. The topological polar surface area (TPSA) is 56.8 Å². The molecule has 0 radical (unpaired) electrons. The molecule has 0 heterocycles. The predicted molar refractivity (Wildman–Crippen MR) is 101 cm³/mol. The van der Waals surface area contributed by atoms with Crippen molar-refractivity contribution in [2.45, 2.75) is 19.4 Å². The molecule has 2 aromatic carbocycles. The number of hydrogen-bond donors (Lipinski definition) is 1. The van der Waals surface area contributed by atoms with Crippen molar-refractivity contribution in [3.05, 3.63) is 52.0 Å². The molecule has 0 saturated carbocycles. The number of benzene rings is 2. The molecule has 0 bridgehead atoms. The first-order valence-corrected chi connectivity index (χ1v) is 8.63. The summed E-state index contributed by atoms with van der Waals surface area (Å²) in [7, 11) is 4.59. The van der Waals surface area contributed by atoms with Crippen molar-refractivity contribution >= 4 is 21.8 Å². The molecular weight excluding hydrogens is 386 g/mol. The van der Waals surface area contributed by atoms with Crippen LogP contribution in [-0.4, -0.2) is 33.3 Å². The zero-order chi connectivity index (χ0) is 18.4. The van der Waals surface area contributed by atoms with E-state index in [0.717, 1.165) is 16.5 Å². The van der Waals surface area contributed by atoms with Crippen LogP contribution in [-0.2, 0) is 6.42 Å². The quantitative estimate of drug-likeness (QED) is 0.757. The van der Waals surface area contributed by atoms with E-state index in [4.69, 9.17) is 14.2 Å². The second-order valence-electron chi connectivity index (χ2n) is 5.61. The lowest BCUT2D eigenvalue weighted by molar-refractivity contribution is 0.0936. The van der Waals surface area contributed by atoms with Gasteiger partial charge in [-0.2, -0.15) is 0 Å². The van der Waals surface area contributed by atoms with E-state index < -0.39 is 0 Å². The van der Waals surface area contributed by atoms with Crippen molar-refractivity contribution in [1.82, 2.24) is 5.32 Å². The van der Waals surface area contributed by atoms with Gasteiger partial charge in [0.1, 0.15) is 5.75 Å². The minimum atomic E-state index is -0.220. The third-order valence-electron chi connectivity index (χ3n) is 3.78. The Morgan fingerprint density at radius 2 is 1.56 bits per heavy atom. The summed E-state index contributed by atoms with van der Waals surface area (Å²) in [5.74, 6) is 1.21. The zero-order valence-corrected chi connectivity index (χ0v) is 16.3. The van der Waals surface area contributed by atoms with Crippen LogP contribution < -0.4 is 19.5 Å². The summed E-state index contributed by atoms with van der Waals surface area (Å²) in [5, 5.41) is 3.00. The van der Waals surface area contributed by atoms with E-state index in [9.17, 15) is 4.79 Å². The number of carbonyl (C=O) groups is 1. The highest BCUT2D eigenvalue weighted by Gasteiger charge is 2.19. The van der Waals surface area contributed by atoms with Gasteiger partial charge in [0, 0.05) is 22.6 Å². The molecule has 5 nitrogen and oxygen atoms in total. The fourth-order valence-electron chi connectivity index (χ4n) is 2.53. The highest BCUT2D eigenvalue weighted by molar-refractivity contribution is 9.10. The van der Waals surface area contributed by atoms with Gasteiger partial charge in [-0.3, -0.25) is 4.79 Å². The van der Waals surface area contributed by atoms with Crippen LogP contribution in [0.25, 0.3) is 0 Å². The second kappa shape index (κ2) is 8.76. The number of halogens is 1. The number of hydrogen-bond acceptors (Lipinski definition) is 4. The Morgan fingerprint density at radius 3 is 2.12 bits per heavy atom. The van der Waals surface area contributed by atoms with Crippen LogP contribution in [0.2, 0.25) is 0 Å². The van der Waals surface area contributed by atoms with Crippen molar-refractivity contribution in [3.8, 4) is 17.2 Å². The summed E-state index contributed by atoms with van der Waals surface area (Å²) < 4.78 is 16.9. The Labute approximate surface area is 156 Å². The molecule has 0 saturated heterocycles. The molecule has 134 valence electrons. The van der Waals surface area contributed by atoms with Crippen LogP contribution in [0.4, 0.5) is 0 Å². The maximum absolute atomic E-state index is 12.7. The van der Waals surface area contributed by atoms with Crippen LogP contribution in [0.1, 0.15) is 22.8 Å². The Kier molecular flexibility index (Phi) is 6.70. The first-order chi connectivity index (χ1) is 12.0. The van der Waals surface area contributed by atoms with Crippen molar-refractivity contribution in [1.29, 1.82) is 0 Å². The van der Waals surface area contributed by atoms with E-state index in [1.54, 1.807) is 12.1 Å². The highest BCUT2D eigenvalue weighted by Crippen LogP contribution is 2.34. The van der Waals surface area contributed by atoms with E-state index in [1.165, 1.54) is 21.3 Å². The molecule has 0 aromatic heterocycles. The van der Waals surface area contributed by atoms with E-state index >= 15 is 0 Å². The van der Waals surface area contributed by atoms with Crippen molar-refractivity contribution in [2.24, 2.45) is 0 Å². The van der Waals surface area contributed by atoms with Crippen LogP contribution >= 0.6 is 15.9 Å². The van der Waals surface area contributed by atoms with Crippen LogP contribution in [0.3, 0.4) is 0 Å². The monoisotopic (exact) mass is 407 g/mol. The summed E-state index contributed by atoms with van der Waals surface area (Å²) >= 11 is 3.42. The van der Waals surface area contributed by atoms with Gasteiger partial charge in [-0.25, -0.2) is 0 Å². The van der Waals surface area contributed by atoms with Gasteiger partial charge in [-0.05, 0) is 31.0 Å². The van der Waals surface area contributed by atoms with Gasteiger partial charge in [0.15, 0.2) is 11.5 Å². The Morgan fingerprint density at radius 1 is 1.00 bits per heavy atom. The number of amides is 1. The Hall–Kier alpha value is -2.21. The minimum Gasteiger partial charge on any atom is -0.496 e. The van der Waals surface area contributed by atoms with Crippen LogP contribution in [0, 0.1) is 0 Å². The third kappa shape index (κ3) is 4.89. The lowest BCUT2D eigenvalue weighted by Gasteiger charge is -2.17. The molecule has 0 spiro atoms. The molecule has 1 atom stereocenters. The normalized spacial score (nSPS) is 11.6. The van der Waals surface area contributed by atoms with Gasteiger partial charge >= 0.3 is 0 Å². The summed E-state index contributed by atoms with van der Waals surface area (Å²) in [6, 6.07) is 11.3. The Bertz CT molecular complexity index is 731. The standard InChI is InChI=1S/C19H22BrNO4/c1-12(9-13-5-7-14(20)8-6-13)21-19(22)15-10-17(24-3)18(25-4)11-16(15)23-2/h5-8,10-12H,9H2,1-4H3,(H,21,22). The first kappa shape index (κ1) is 19.1. The third-order valence-corrected chi connectivity index (χ3v) is 4.31. The van der Waals surface area contributed by atoms with Crippen molar-refractivity contribution in [3.63, 3.8) is 0 Å². The van der Waals surface area contributed by atoms with Gasteiger partial charge in [0.25, 0.3) is 5.91 Å². The minimum absolute atomic E-state index is 0.0357. The average molecular weight is 408 g/mol. The van der Waals surface area contributed by atoms with Gasteiger partial charge in [-0.1, -0.05) is 28.1 Å². The molecule has 25 heavy (non-hydrogen) atoms.